The highest BCUT2D eigenvalue weighted by Crippen LogP contribution is 2.39. The normalized spacial score (nSPS) is 18.1. The Labute approximate surface area is 602 Å². The summed E-state index contributed by atoms with van der Waals surface area (Å²) in [4.78, 5) is 88.5. The van der Waals surface area contributed by atoms with Crippen molar-refractivity contribution < 1.29 is 102 Å². The Morgan fingerprint density at radius 2 is 0.867 bits per heavy atom. The summed E-state index contributed by atoms with van der Waals surface area (Å²) in [5.41, 5.74) is 2.64. The van der Waals surface area contributed by atoms with Gasteiger partial charge in [0, 0.05) is 109 Å². The smallest absolute Gasteiger partial charge is 0.243 e. The summed E-state index contributed by atoms with van der Waals surface area (Å²) in [5, 5.41) is 8.81. The van der Waals surface area contributed by atoms with Crippen molar-refractivity contribution >= 4 is 73.8 Å². The second-order valence-electron chi connectivity index (χ2n) is 24.6. The van der Waals surface area contributed by atoms with Crippen LogP contribution in [0.3, 0.4) is 0 Å². The summed E-state index contributed by atoms with van der Waals surface area (Å²) in [6.45, 7) is 13.6. The lowest BCUT2D eigenvalue weighted by molar-refractivity contribution is -0.119. The van der Waals surface area contributed by atoms with Crippen molar-refractivity contribution in [3.8, 4) is 34.5 Å². The van der Waals surface area contributed by atoms with Gasteiger partial charge in [-0.3, -0.25) is 38.7 Å². The largest absolute Gasteiger partial charge is 0.494 e. The van der Waals surface area contributed by atoms with Gasteiger partial charge in [-0.15, -0.1) is 11.3 Å². The second kappa shape index (κ2) is 34.7. The van der Waals surface area contributed by atoms with E-state index in [9.17, 15) is 55.1 Å². The number of fused-ring (bicyclic) bond motifs is 3. The molecule has 3 amide bonds. The Kier molecular flexibility index (Phi) is 25.4. The highest BCUT2D eigenvalue weighted by atomic mass is 32.1. The van der Waals surface area contributed by atoms with E-state index < -0.39 is 68.9 Å². The Balaban J connectivity index is 0.000000169. The summed E-state index contributed by atoms with van der Waals surface area (Å²) >= 11 is 1.09. The van der Waals surface area contributed by atoms with Crippen molar-refractivity contribution in [1.82, 2.24) is 30.9 Å². The number of carbonyl (C=O) groups is 6. The van der Waals surface area contributed by atoms with Gasteiger partial charge in [0.05, 0.1) is 83.3 Å². The van der Waals surface area contributed by atoms with E-state index in [2.05, 4.69) is 50.6 Å². The number of hydrogen-bond donors (Lipinski definition) is 3. The van der Waals surface area contributed by atoms with Crippen LogP contribution in [0.5, 0.6) is 34.5 Å². The molecule has 0 spiro atoms. The van der Waals surface area contributed by atoms with Gasteiger partial charge in [-0.25, -0.2) is 31.3 Å². The molecule has 3 fully saturated rings. The lowest BCUT2D eigenvalue weighted by Gasteiger charge is -2.31. The van der Waals surface area contributed by atoms with E-state index >= 15 is 0 Å². The van der Waals surface area contributed by atoms with Crippen molar-refractivity contribution in [2.45, 2.75) is 63.1 Å². The fourth-order valence-corrected chi connectivity index (χ4v) is 13.6. The number of ether oxygens (including phenoxy) is 9. The molecule has 552 valence electrons. The predicted octanol–water partition coefficient (Wildman–Crippen LogP) is 11.1. The average molecular weight is 1470 g/mol. The Morgan fingerprint density at radius 1 is 0.486 bits per heavy atom. The molecule has 8 heterocycles. The third kappa shape index (κ3) is 17.4. The molecule has 0 bridgehead atoms. The number of furan rings is 1. The number of nitrogens with one attached hydrogen (secondary N) is 3. The standard InChI is InChI=1S/C26H26F2N2O5.C25H24F2N2O6.C25H24F2N2O5S/c1-4-22(31)30-18-7-8-35-13-16(18)10-17-6-5-14-9-15(11-19(14)29-17)26(32)23-24(27)20(33-2)12-21(34-3)25(23)28;1-4-21(30)29-15-7-8-34-12-13(15)9-14-5-6-17-16(28-14)10-20(35-17)25(31)22-23(26)18(32-2)11-19(33-3)24(22)27;1-4-21(30)29-15-7-8-34-12-13(15)9-14-5-6-19-16(28-14)10-20(35-19)25(31)22-23(26)17(32-2)11-18(33-3)24(22)27/h4-6,11-12,16,18H,1,7-10,13H2,2-3H3,(H,30,31);2*4-6,10-11,13,15H,1,7-9,12H2,2-3H3,(H,29,30). The summed E-state index contributed by atoms with van der Waals surface area (Å²) in [6.07, 6.45) is 9.11. The molecule has 0 radical (unpaired) electrons. The number of thiophene rings is 1. The van der Waals surface area contributed by atoms with Crippen molar-refractivity contribution in [3.63, 3.8) is 0 Å². The first-order valence-electron chi connectivity index (χ1n) is 33.0. The molecule has 8 aromatic rings. The number of methoxy groups -OCH3 is 6. The summed E-state index contributed by atoms with van der Waals surface area (Å²) in [7, 11) is 7.29. The van der Waals surface area contributed by atoms with E-state index in [1.54, 1.807) is 18.2 Å². The maximum absolute atomic E-state index is 14.8. The van der Waals surface area contributed by atoms with Crippen molar-refractivity contribution in [2.75, 3.05) is 82.3 Å². The minimum Gasteiger partial charge on any atom is -0.494 e. The highest BCUT2D eigenvalue weighted by molar-refractivity contribution is 7.21. The van der Waals surface area contributed by atoms with Crippen LogP contribution in [0.25, 0.3) is 27.4 Å². The maximum Gasteiger partial charge on any atom is 0.243 e. The van der Waals surface area contributed by atoms with Crippen LogP contribution in [0.15, 0.2) is 115 Å². The minimum atomic E-state index is -1.16. The molecule has 6 atom stereocenters. The van der Waals surface area contributed by atoms with E-state index in [0.717, 1.165) is 46.5 Å². The average Bonchev–Trinajstić information content (AvgIpc) is 1.75. The quantitative estimate of drug-likeness (QED) is 0.0288. The molecule has 4 aliphatic rings. The number of rotatable bonds is 24. The van der Waals surface area contributed by atoms with E-state index in [-0.39, 0.29) is 116 Å². The fraction of sp³-hybridized carbons (Fsp3) is 0.329. The number of pyridine rings is 3. The van der Waals surface area contributed by atoms with Gasteiger partial charge in [-0.1, -0.05) is 25.8 Å². The van der Waals surface area contributed by atoms with Crippen molar-refractivity contribution in [3.05, 3.63) is 201 Å². The van der Waals surface area contributed by atoms with Crippen LogP contribution >= 0.6 is 11.3 Å². The zero-order valence-corrected chi connectivity index (χ0v) is 58.8. The van der Waals surface area contributed by atoms with E-state index in [1.807, 2.05) is 24.3 Å². The summed E-state index contributed by atoms with van der Waals surface area (Å²) < 4.78 is 141. The monoisotopic (exact) mass is 1470 g/mol. The van der Waals surface area contributed by atoms with Crippen LogP contribution in [0.1, 0.15) is 89.3 Å². The molecule has 6 unspecified atom stereocenters. The number of halogens is 6. The zero-order chi connectivity index (χ0) is 75.3. The summed E-state index contributed by atoms with van der Waals surface area (Å²) in [6, 6.07) is 16.5. The molecule has 105 heavy (non-hydrogen) atoms. The molecule has 12 rings (SSSR count). The lowest BCUT2D eigenvalue weighted by atomic mass is 9.90. The number of ketones is 3. The number of hydrogen-bond acceptors (Lipinski definition) is 20. The van der Waals surface area contributed by atoms with Gasteiger partial charge in [0.1, 0.15) is 22.2 Å². The molecule has 3 aromatic carbocycles. The molecule has 3 N–H and O–H groups in total. The molecule has 29 heteroatoms. The number of Topliss-reactive ketones (excluding diaryl/α,β-unsaturated/α-hetero) is 1. The summed E-state index contributed by atoms with van der Waals surface area (Å²) in [5.74, 6) is -12.1. The first-order chi connectivity index (χ1) is 50.6. The lowest BCUT2D eigenvalue weighted by Crippen LogP contribution is -2.45. The number of amides is 3. The molecule has 3 saturated heterocycles. The highest BCUT2D eigenvalue weighted by Gasteiger charge is 2.35. The van der Waals surface area contributed by atoms with Crippen LogP contribution in [0.2, 0.25) is 0 Å². The Hall–Kier alpha value is -10.8. The van der Waals surface area contributed by atoms with Crippen LogP contribution in [-0.2, 0) is 54.3 Å². The Morgan fingerprint density at radius 3 is 1.29 bits per heavy atom. The molecule has 22 nitrogen and oxygen atoms in total. The number of aromatic nitrogens is 3. The zero-order valence-electron chi connectivity index (χ0n) is 58.0. The number of carbonyl (C=O) groups excluding carboxylic acids is 6. The van der Waals surface area contributed by atoms with E-state index in [0.29, 0.717) is 105 Å². The third-order valence-corrected chi connectivity index (χ3v) is 19.2. The maximum atomic E-state index is 14.8. The van der Waals surface area contributed by atoms with Gasteiger partial charge >= 0.3 is 0 Å². The topological polar surface area (TPSA) is 273 Å². The van der Waals surface area contributed by atoms with Gasteiger partial charge < -0.3 is 63.0 Å². The van der Waals surface area contributed by atoms with Crippen LogP contribution < -0.4 is 44.4 Å². The van der Waals surface area contributed by atoms with Gasteiger partial charge in [-0.05, 0) is 105 Å². The van der Waals surface area contributed by atoms with Gasteiger partial charge in [0.2, 0.25) is 29.3 Å². The Bertz CT molecular complexity index is 4430. The van der Waals surface area contributed by atoms with Gasteiger partial charge in [-0.2, -0.15) is 0 Å². The van der Waals surface area contributed by atoms with Crippen LogP contribution in [0.4, 0.5) is 26.3 Å². The number of nitrogens with zero attached hydrogens (tertiary/aromatic N) is 3. The molecule has 3 aliphatic heterocycles. The molecule has 0 saturated carbocycles. The van der Waals surface area contributed by atoms with Gasteiger partial charge in [0.15, 0.2) is 86.5 Å². The molecule has 1 aliphatic carbocycles. The number of benzene rings is 3. The number of allylic oxidation sites excluding steroid dienone is 1. The molecular formula is C76H74F6N6O16S. The molecule has 5 aromatic heterocycles. The predicted molar refractivity (Wildman–Crippen MR) is 373 cm³/mol. The van der Waals surface area contributed by atoms with E-state index in [4.69, 9.17) is 47.0 Å². The van der Waals surface area contributed by atoms with Gasteiger partial charge in [0.25, 0.3) is 0 Å². The third-order valence-electron chi connectivity index (χ3n) is 18.1. The van der Waals surface area contributed by atoms with Crippen LogP contribution in [-0.4, -0.2) is 150 Å². The first-order valence-corrected chi connectivity index (χ1v) is 33.8. The van der Waals surface area contributed by atoms with Crippen molar-refractivity contribution in [1.29, 1.82) is 0 Å². The van der Waals surface area contributed by atoms with Crippen molar-refractivity contribution in [2.24, 2.45) is 17.8 Å². The minimum absolute atomic E-state index is 0.0157. The SMILES string of the molecule is C=CC(=O)NC1CCOCC1Cc1ccc2c(n1)C=C(C(=O)c1c(F)c(OC)cc(OC)c1F)C2.C=CC(=O)NC1CCOCC1Cc1ccc2oc(C(=O)c3c(F)c(OC)cc(OC)c3F)cc2n1.C=CC(=O)NC1CCOCC1Cc1ccc2sc(C(=O)c3c(F)c(OC)cc(OC)c3F)cc2n1. The first kappa shape index (κ1) is 76.9. The van der Waals surface area contributed by atoms with Crippen LogP contribution in [0, 0.1) is 52.7 Å². The second-order valence-corrected chi connectivity index (χ2v) is 25.7. The fourth-order valence-electron chi connectivity index (χ4n) is 12.6. The molecular weight excluding hydrogens is 1400 g/mol. The van der Waals surface area contributed by atoms with E-state index in [1.165, 1.54) is 73.0 Å².